The summed E-state index contributed by atoms with van der Waals surface area (Å²) in [6.45, 7) is 3.89. The maximum Gasteiger partial charge on any atom is 0.258 e. The zero-order valence-corrected chi connectivity index (χ0v) is 14.9. The number of halogens is 1. The number of rotatable bonds is 6. The normalized spacial score (nSPS) is 10.5. The molecule has 6 nitrogen and oxygen atoms in total. The van der Waals surface area contributed by atoms with Crippen molar-refractivity contribution in [3.8, 4) is 5.75 Å². The van der Waals surface area contributed by atoms with Gasteiger partial charge in [0.05, 0.1) is 17.4 Å². The highest BCUT2D eigenvalue weighted by atomic mass is 19.1. The molecule has 2 N–H and O–H groups in total. The number of aromatic nitrogens is 2. The van der Waals surface area contributed by atoms with Gasteiger partial charge in [0.1, 0.15) is 11.6 Å². The maximum absolute atomic E-state index is 13.6. The van der Waals surface area contributed by atoms with Gasteiger partial charge in [-0.15, -0.1) is 0 Å². The minimum Gasteiger partial charge on any atom is -0.491 e. The SMILES string of the molecule is CC(C)Oc1ccc(NC(=O)c2cnc(Nc3ccccc3F)nc2)cc1. The van der Waals surface area contributed by atoms with E-state index in [1.165, 1.54) is 18.5 Å². The van der Waals surface area contributed by atoms with E-state index < -0.39 is 5.82 Å². The lowest BCUT2D eigenvalue weighted by Crippen LogP contribution is -2.13. The smallest absolute Gasteiger partial charge is 0.258 e. The molecule has 0 spiro atoms. The van der Waals surface area contributed by atoms with Gasteiger partial charge in [-0.25, -0.2) is 14.4 Å². The van der Waals surface area contributed by atoms with Crippen LogP contribution in [-0.4, -0.2) is 22.0 Å². The van der Waals surface area contributed by atoms with Crippen molar-refractivity contribution >= 4 is 23.2 Å². The molecule has 0 bridgehead atoms. The first-order chi connectivity index (χ1) is 13.0. The Labute approximate surface area is 156 Å². The van der Waals surface area contributed by atoms with E-state index in [0.29, 0.717) is 5.69 Å². The lowest BCUT2D eigenvalue weighted by molar-refractivity contribution is 0.102. The molecule has 27 heavy (non-hydrogen) atoms. The van der Waals surface area contributed by atoms with Crippen LogP contribution in [0.3, 0.4) is 0 Å². The van der Waals surface area contributed by atoms with E-state index in [1.807, 2.05) is 13.8 Å². The Bertz CT molecular complexity index is 912. The Hall–Kier alpha value is -3.48. The number of nitrogens with zero attached hydrogens (tertiary/aromatic N) is 2. The Balaban J connectivity index is 1.63. The molecule has 0 radical (unpaired) electrons. The minimum atomic E-state index is -0.409. The molecular weight excluding hydrogens is 347 g/mol. The monoisotopic (exact) mass is 366 g/mol. The largest absolute Gasteiger partial charge is 0.491 e. The van der Waals surface area contributed by atoms with E-state index >= 15 is 0 Å². The van der Waals surface area contributed by atoms with E-state index in [2.05, 4.69) is 20.6 Å². The Kier molecular flexibility index (Phi) is 5.61. The number of carbonyl (C=O) groups is 1. The van der Waals surface area contributed by atoms with Crippen LogP contribution in [0.2, 0.25) is 0 Å². The fourth-order valence-corrected chi connectivity index (χ4v) is 2.29. The van der Waals surface area contributed by atoms with Crippen LogP contribution >= 0.6 is 0 Å². The third-order valence-corrected chi connectivity index (χ3v) is 3.52. The molecule has 1 heterocycles. The van der Waals surface area contributed by atoms with Gasteiger partial charge in [0, 0.05) is 18.1 Å². The summed E-state index contributed by atoms with van der Waals surface area (Å²) >= 11 is 0. The van der Waals surface area contributed by atoms with E-state index in [0.717, 1.165) is 5.75 Å². The number of anilines is 3. The number of para-hydroxylation sites is 1. The third-order valence-electron chi connectivity index (χ3n) is 3.52. The molecule has 0 aliphatic rings. The molecular formula is C20H19FN4O2. The predicted octanol–water partition coefficient (Wildman–Crippen LogP) is 4.40. The molecule has 3 rings (SSSR count). The lowest BCUT2D eigenvalue weighted by atomic mass is 10.2. The van der Waals surface area contributed by atoms with Gasteiger partial charge < -0.3 is 15.4 Å². The summed E-state index contributed by atoms with van der Waals surface area (Å²) in [6, 6.07) is 13.3. The first-order valence-electron chi connectivity index (χ1n) is 8.43. The molecule has 7 heteroatoms. The molecule has 0 fully saturated rings. The summed E-state index contributed by atoms with van der Waals surface area (Å²) in [5.74, 6) is 0.180. The topological polar surface area (TPSA) is 76.1 Å². The first kappa shape index (κ1) is 18.3. The van der Waals surface area contributed by atoms with Crippen molar-refractivity contribution in [1.82, 2.24) is 9.97 Å². The van der Waals surface area contributed by atoms with Crippen LogP contribution < -0.4 is 15.4 Å². The van der Waals surface area contributed by atoms with Crippen molar-refractivity contribution in [2.45, 2.75) is 20.0 Å². The Morgan fingerprint density at radius 3 is 2.33 bits per heavy atom. The van der Waals surface area contributed by atoms with E-state index in [1.54, 1.807) is 42.5 Å². The summed E-state index contributed by atoms with van der Waals surface area (Å²) < 4.78 is 19.2. The Morgan fingerprint density at radius 1 is 1.04 bits per heavy atom. The number of ether oxygens (including phenoxy) is 1. The zero-order valence-electron chi connectivity index (χ0n) is 14.9. The quantitative estimate of drug-likeness (QED) is 0.676. The predicted molar refractivity (Wildman–Crippen MR) is 102 cm³/mol. The van der Waals surface area contributed by atoms with Crippen LogP contribution in [0.15, 0.2) is 60.9 Å². The first-order valence-corrected chi connectivity index (χ1v) is 8.43. The van der Waals surface area contributed by atoms with Gasteiger partial charge in [-0.2, -0.15) is 0 Å². The maximum atomic E-state index is 13.6. The summed E-state index contributed by atoms with van der Waals surface area (Å²) in [6.07, 6.45) is 2.84. The van der Waals surface area contributed by atoms with Crippen molar-refractivity contribution in [2.24, 2.45) is 0 Å². The Morgan fingerprint density at radius 2 is 1.70 bits per heavy atom. The highest BCUT2D eigenvalue weighted by molar-refractivity contribution is 6.03. The van der Waals surface area contributed by atoms with Gasteiger partial charge in [0.2, 0.25) is 5.95 Å². The van der Waals surface area contributed by atoms with Gasteiger partial charge in [-0.05, 0) is 50.2 Å². The van der Waals surface area contributed by atoms with E-state index in [9.17, 15) is 9.18 Å². The second kappa shape index (κ2) is 8.27. The molecule has 0 saturated heterocycles. The van der Waals surface area contributed by atoms with Crippen molar-refractivity contribution in [1.29, 1.82) is 0 Å². The molecule has 0 aliphatic heterocycles. The second-order valence-corrected chi connectivity index (χ2v) is 6.05. The minimum absolute atomic E-state index is 0.0825. The number of amides is 1. The molecule has 0 saturated carbocycles. The number of benzene rings is 2. The van der Waals surface area contributed by atoms with Crippen LogP contribution in [-0.2, 0) is 0 Å². The van der Waals surface area contributed by atoms with E-state index in [-0.39, 0.29) is 29.2 Å². The number of nitrogens with one attached hydrogen (secondary N) is 2. The van der Waals surface area contributed by atoms with Crippen LogP contribution in [0.25, 0.3) is 0 Å². The molecule has 138 valence electrons. The van der Waals surface area contributed by atoms with Gasteiger partial charge >= 0.3 is 0 Å². The second-order valence-electron chi connectivity index (χ2n) is 6.05. The fraction of sp³-hybridized carbons (Fsp3) is 0.150. The summed E-state index contributed by atoms with van der Waals surface area (Å²) in [5, 5.41) is 5.53. The van der Waals surface area contributed by atoms with Gasteiger partial charge in [-0.3, -0.25) is 4.79 Å². The highest BCUT2D eigenvalue weighted by Crippen LogP contribution is 2.18. The summed E-state index contributed by atoms with van der Waals surface area (Å²) in [4.78, 5) is 20.4. The van der Waals surface area contributed by atoms with Gasteiger partial charge in [0.25, 0.3) is 5.91 Å². The molecule has 2 aromatic carbocycles. The molecule has 3 aromatic rings. The number of carbonyl (C=O) groups excluding carboxylic acids is 1. The highest BCUT2D eigenvalue weighted by Gasteiger charge is 2.09. The summed E-state index contributed by atoms with van der Waals surface area (Å²) in [5.41, 5.74) is 1.18. The standard InChI is InChI=1S/C20H19FN4O2/c1-13(2)27-16-9-7-15(8-10-16)24-19(26)14-11-22-20(23-12-14)25-18-6-4-3-5-17(18)21/h3-13H,1-2H3,(H,24,26)(H,22,23,25). The van der Waals surface area contributed by atoms with Crippen LogP contribution in [0, 0.1) is 5.82 Å². The molecule has 0 aliphatic carbocycles. The molecule has 1 aromatic heterocycles. The van der Waals surface area contributed by atoms with Crippen LogP contribution in [0.5, 0.6) is 5.75 Å². The van der Waals surface area contributed by atoms with Crippen molar-refractivity contribution in [3.05, 3.63) is 72.3 Å². The molecule has 0 unspecified atom stereocenters. The average molecular weight is 366 g/mol. The number of hydrogen-bond acceptors (Lipinski definition) is 5. The van der Waals surface area contributed by atoms with Crippen molar-refractivity contribution < 1.29 is 13.9 Å². The van der Waals surface area contributed by atoms with Gasteiger partial charge in [-0.1, -0.05) is 12.1 Å². The average Bonchev–Trinajstić information content (AvgIpc) is 2.65. The molecule has 0 atom stereocenters. The zero-order chi connectivity index (χ0) is 19.2. The van der Waals surface area contributed by atoms with Crippen LogP contribution in [0.1, 0.15) is 24.2 Å². The van der Waals surface area contributed by atoms with E-state index in [4.69, 9.17) is 4.74 Å². The third kappa shape index (κ3) is 5.01. The molecule has 1 amide bonds. The lowest BCUT2D eigenvalue weighted by Gasteiger charge is -2.10. The van der Waals surface area contributed by atoms with Gasteiger partial charge in [0.15, 0.2) is 0 Å². The van der Waals surface area contributed by atoms with Crippen LogP contribution in [0.4, 0.5) is 21.7 Å². The van der Waals surface area contributed by atoms with Crippen molar-refractivity contribution in [2.75, 3.05) is 10.6 Å². The fourth-order valence-electron chi connectivity index (χ4n) is 2.29. The number of hydrogen-bond donors (Lipinski definition) is 2. The van der Waals surface area contributed by atoms with Crippen molar-refractivity contribution in [3.63, 3.8) is 0 Å². The summed E-state index contributed by atoms with van der Waals surface area (Å²) in [7, 11) is 0.